The summed E-state index contributed by atoms with van der Waals surface area (Å²) in [7, 11) is 0. The lowest BCUT2D eigenvalue weighted by Gasteiger charge is -2.19. The Bertz CT molecular complexity index is 1130. The van der Waals surface area contributed by atoms with Crippen molar-refractivity contribution in [3.05, 3.63) is 60.2 Å². The van der Waals surface area contributed by atoms with Crippen molar-refractivity contribution in [2.45, 2.75) is 32.2 Å². The summed E-state index contributed by atoms with van der Waals surface area (Å²) in [6.45, 7) is 0.798. The highest BCUT2D eigenvalue weighted by atomic mass is 16.5. The van der Waals surface area contributed by atoms with E-state index in [-0.39, 0.29) is 36.0 Å². The number of amides is 3. The number of carbonyl (C=O) groups is 4. The van der Waals surface area contributed by atoms with Crippen molar-refractivity contribution in [3.63, 3.8) is 0 Å². The van der Waals surface area contributed by atoms with Crippen molar-refractivity contribution in [1.29, 1.82) is 0 Å². The van der Waals surface area contributed by atoms with Crippen LogP contribution in [-0.2, 0) is 25.7 Å². The Hall–Kier alpha value is -3.48. The van der Waals surface area contributed by atoms with Gasteiger partial charge >= 0.3 is 5.97 Å². The SMILES string of the molecule is O=C(Oc1ccc(N2C(=O)[C@@H]3[C@H]4CC[C@@H](C4)[C@@H]3C2=O)cc1)[C@H]1CC(=O)N(Cc2ccccc2)C1. The van der Waals surface area contributed by atoms with Crippen molar-refractivity contribution in [3.8, 4) is 5.75 Å². The highest BCUT2D eigenvalue weighted by molar-refractivity contribution is 6.22. The van der Waals surface area contributed by atoms with Crippen LogP contribution < -0.4 is 9.64 Å². The molecule has 5 atom stereocenters. The van der Waals surface area contributed by atoms with Crippen LogP contribution in [-0.4, -0.2) is 35.1 Å². The molecule has 0 aromatic heterocycles. The minimum atomic E-state index is -0.521. The van der Waals surface area contributed by atoms with Gasteiger partial charge in [0.05, 0.1) is 23.4 Å². The van der Waals surface area contributed by atoms with Crippen LogP contribution in [0.15, 0.2) is 54.6 Å². The van der Waals surface area contributed by atoms with Gasteiger partial charge in [-0.2, -0.15) is 0 Å². The smallest absolute Gasteiger partial charge is 0.316 e. The molecule has 2 aliphatic heterocycles. The van der Waals surface area contributed by atoms with Crippen LogP contribution in [0.3, 0.4) is 0 Å². The van der Waals surface area contributed by atoms with Crippen LogP contribution in [0, 0.1) is 29.6 Å². The highest BCUT2D eigenvalue weighted by Crippen LogP contribution is 2.56. The largest absolute Gasteiger partial charge is 0.426 e. The van der Waals surface area contributed by atoms with Gasteiger partial charge in [-0.15, -0.1) is 0 Å². The lowest BCUT2D eigenvalue weighted by molar-refractivity contribution is -0.139. The Morgan fingerprint density at radius 1 is 0.882 bits per heavy atom. The minimum Gasteiger partial charge on any atom is -0.426 e. The van der Waals surface area contributed by atoms with E-state index in [0.717, 1.165) is 24.8 Å². The topological polar surface area (TPSA) is 84.0 Å². The maximum Gasteiger partial charge on any atom is 0.316 e. The Kier molecular flexibility index (Phi) is 5.01. The summed E-state index contributed by atoms with van der Waals surface area (Å²) in [6.07, 6.45) is 3.22. The van der Waals surface area contributed by atoms with Crippen molar-refractivity contribution < 1.29 is 23.9 Å². The molecule has 174 valence electrons. The van der Waals surface area contributed by atoms with E-state index in [9.17, 15) is 19.2 Å². The molecule has 2 aromatic carbocycles. The maximum atomic E-state index is 13.0. The van der Waals surface area contributed by atoms with Gasteiger partial charge in [0, 0.05) is 19.5 Å². The van der Waals surface area contributed by atoms with E-state index in [1.165, 1.54) is 4.90 Å². The van der Waals surface area contributed by atoms with Gasteiger partial charge in [-0.05, 0) is 60.9 Å². The van der Waals surface area contributed by atoms with Crippen LogP contribution in [0.25, 0.3) is 0 Å². The second-order valence-electron chi connectivity index (χ2n) is 9.97. The molecule has 34 heavy (non-hydrogen) atoms. The van der Waals surface area contributed by atoms with Crippen LogP contribution in [0.4, 0.5) is 5.69 Å². The first kappa shape index (κ1) is 21.1. The Morgan fingerprint density at radius 3 is 2.18 bits per heavy atom. The molecule has 3 amide bonds. The molecule has 2 saturated heterocycles. The third-order valence-corrected chi connectivity index (χ3v) is 8.00. The molecule has 0 radical (unpaired) electrons. The summed E-state index contributed by atoms with van der Waals surface area (Å²) in [5.74, 6) is -0.522. The van der Waals surface area contributed by atoms with Crippen molar-refractivity contribution in [2.75, 3.05) is 11.4 Å². The Morgan fingerprint density at radius 2 is 1.53 bits per heavy atom. The van der Waals surface area contributed by atoms with E-state index in [2.05, 4.69) is 0 Å². The highest BCUT2D eigenvalue weighted by Gasteiger charge is 2.61. The van der Waals surface area contributed by atoms with Crippen LogP contribution >= 0.6 is 0 Å². The van der Waals surface area contributed by atoms with E-state index < -0.39 is 11.9 Å². The van der Waals surface area contributed by atoms with Gasteiger partial charge in [0.1, 0.15) is 5.75 Å². The summed E-state index contributed by atoms with van der Waals surface area (Å²) in [5.41, 5.74) is 1.54. The number of likely N-dealkylation sites (tertiary alicyclic amines) is 1. The standard InChI is InChI=1S/C27H26N2O5/c30-22-13-19(15-28(22)14-16-4-2-1-3-5-16)27(33)34-21-10-8-20(9-11-21)29-25(31)23-17-6-7-18(12-17)24(23)26(29)32/h1-5,8-11,17-19,23-24H,6-7,12-15H2/t17-,18-,19-,23-,24+/m0/s1. The number of hydrogen-bond donors (Lipinski definition) is 0. The third kappa shape index (κ3) is 3.42. The molecule has 6 rings (SSSR count). The predicted octanol–water partition coefficient (Wildman–Crippen LogP) is 3.18. The first-order chi connectivity index (χ1) is 16.5. The fourth-order valence-corrected chi connectivity index (χ4v) is 6.41. The summed E-state index contributed by atoms with van der Waals surface area (Å²) < 4.78 is 5.53. The number of imide groups is 1. The number of anilines is 1. The summed E-state index contributed by atoms with van der Waals surface area (Å²) >= 11 is 0. The van der Waals surface area contributed by atoms with Gasteiger partial charge in [0.15, 0.2) is 0 Å². The van der Waals surface area contributed by atoms with Gasteiger partial charge in [0.25, 0.3) is 0 Å². The molecule has 2 heterocycles. The van der Waals surface area contributed by atoms with Gasteiger partial charge in [-0.3, -0.25) is 24.1 Å². The predicted molar refractivity (Wildman–Crippen MR) is 122 cm³/mol. The van der Waals surface area contributed by atoms with Crippen molar-refractivity contribution in [2.24, 2.45) is 29.6 Å². The molecule has 2 aromatic rings. The molecule has 2 saturated carbocycles. The fourth-order valence-electron chi connectivity index (χ4n) is 6.41. The molecule has 2 bridgehead atoms. The molecular weight excluding hydrogens is 432 g/mol. The zero-order valence-electron chi connectivity index (χ0n) is 18.8. The maximum absolute atomic E-state index is 13.0. The number of ether oxygens (including phenoxy) is 1. The van der Waals surface area contributed by atoms with Gasteiger partial charge in [-0.25, -0.2) is 0 Å². The Labute approximate surface area is 197 Å². The second kappa shape index (κ2) is 8.08. The van der Waals surface area contributed by atoms with E-state index in [4.69, 9.17) is 4.74 Å². The van der Waals surface area contributed by atoms with Crippen LogP contribution in [0.2, 0.25) is 0 Å². The van der Waals surface area contributed by atoms with Gasteiger partial charge in [0.2, 0.25) is 17.7 Å². The number of fused-ring (bicyclic) bond motifs is 5. The zero-order chi connectivity index (χ0) is 23.4. The molecule has 7 heteroatoms. The molecule has 4 fully saturated rings. The lowest BCUT2D eigenvalue weighted by Crippen LogP contribution is -2.32. The molecule has 0 spiro atoms. The number of esters is 1. The minimum absolute atomic E-state index is 0.0632. The monoisotopic (exact) mass is 458 g/mol. The lowest BCUT2D eigenvalue weighted by atomic mass is 9.81. The fraction of sp³-hybridized carbons (Fsp3) is 0.407. The summed E-state index contributed by atoms with van der Waals surface area (Å²) in [4.78, 5) is 54.1. The van der Waals surface area contributed by atoms with E-state index in [0.29, 0.717) is 36.4 Å². The number of carbonyl (C=O) groups excluding carboxylic acids is 4. The molecule has 0 N–H and O–H groups in total. The van der Waals surface area contributed by atoms with E-state index in [1.54, 1.807) is 29.2 Å². The van der Waals surface area contributed by atoms with Gasteiger partial charge < -0.3 is 9.64 Å². The first-order valence-electron chi connectivity index (χ1n) is 12.0. The Balaban J connectivity index is 1.09. The van der Waals surface area contributed by atoms with Gasteiger partial charge in [-0.1, -0.05) is 30.3 Å². The third-order valence-electron chi connectivity index (χ3n) is 8.00. The van der Waals surface area contributed by atoms with Crippen molar-refractivity contribution in [1.82, 2.24) is 4.90 Å². The van der Waals surface area contributed by atoms with Crippen LogP contribution in [0.1, 0.15) is 31.2 Å². The molecular formula is C27H26N2O5. The number of benzene rings is 2. The van der Waals surface area contributed by atoms with E-state index in [1.807, 2.05) is 30.3 Å². The number of rotatable bonds is 5. The molecule has 0 unspecified atom stereocenters. The average molecular weight is 459 g/mol. The number of nitrogens with zero attached hydrogens (tertiary/aromatic N) is 2. The summed E-state index contributed by atoms with van der Waals surface area (Å²) in [6, 6.07) is 16.2. The summed E-state index contributed by atoms with van der Waals surface area (Å²) in [5, 5.41) is 0. The van der Waals surface area contributed by atoms with Crippen LogP contribution in [0.5, 0.6) is 5.75 Å². The quantitative estimate of drug-likeness (QED) is 0.390. The second-order valence-corrected chi connectivity index (χ2v) is 9.97. The molecule has 7 nitrogen and oxygen atoms in total. The van der Waals surface area contributed by atoms with E-state index >= 15 is 0 Å². The molecule has 4 aliphatic rings. The number of hydrogen-bond acceptors (Lipinski definition) is 5. The normalized spacial score (nSPS) is 29.8. The average Bonchev–Trinajstić information content (AvgIpc) is 3.60. The first-order valence-corrected chi connectivity index (χ1v) is 12.0. The zero-order valence-corrected chi connectivity index (χ0v) is 18.8. The molecule has 2 aliphatic carbocycles. The van der Waals surface area contributed by atoms with Crippen molar-refractivity contribution >= 4 is 29.4 Å².